The van der Waals surface area contributed by atoms with Crippen LogP contribution in [-0.4, -0.2) is 48.4 Å². The molecule has 1 rings (SSSR count). The van der Waals surface area contributed by atoms with Crippen LogP contribution in [0.4, 0.5) is 0 Å². The maximum atomic E-state index is 11.8. The summed E-state index contributed by atoms with van der Waals surface area (Å²) in [5.41, 5.74) is 5.60. The Labute approximate surface area is 116 Å². The fraction of sp³-hybridized carbons (Fsp3) is 0.917. The quantitative estimate of drug-likeness (QED) is 0.717. The Morgan fingerprint density at radius 1 is 1.39 bits per heavy atom. The van der Waals surface area contributed by atoms with Gasteiger partial charge in [-0.25, -0.2) is 8.42 Å². The lowest BCUT2D eigenvalue weighted by Crippen LogP contribution is -2.42. The lowest BCUT2D eigenvalue weighted by Gasteiger charge is -2.28. The third-order valence-electron chi connectivity index (χ3n) is 3.58. The van der Waals surface area contributed by atoms with Crippen molar-refractivity contribution in [2.45, 2.75) is 50.8 Å². The van der Waals surface area contributed by atoms with E-state index >= 15 is 0 Å². The molecule has 0 amide bonds. The van der Waals surface area contributed by atoms with Crippen LogP contribution in [0.3, 0.4) is 0 Å². The molecule has 18 heavy (non-hydrogen) atoms. The normalized spacial score (nSPS) is 17.8. The standard InChI is InChI=1S/C12H24N2O2S2/c1-10(2)18(15,16)8-7-14(9-12(13)17)11-5-3-4-6-11/h10-11H,3-9H2,1-2H3,(H2,13,17). The first-order valence-corrected chi connectivity index (χ1v) is 8.69. The molecule has 0 aromatic heterocycles. The number of nitrogens with two attached hydrogens (primary N) is 1. The highest BCUT2D eigenvalue weighted by atomic mass is 32.2. The summed E-state index contributed by atoms with van der Waals surface area (Å²) in [5, 5.41) is -0.312. The Bertz CT molecular complexity index is 374. The van der Waals surface area contributed by atoms with Gasteiger partial charge in [-0.05, 0) is 26.7 Å². The van der Waals surface area contributed by atoms with Crippen LogP contribution in [0.25, 0.3) is 0 Å². The van der Waals surface area contributed by atoms with E-state index in [1.165, 1.54) is 12.8 Å². The van der Waals surface area contributed by atoms with Crippen LogP contribution in [0.1, 0.15) is 39.5 Å². The van der Waals surface area contributed by atoms with Gasteiger partial charge in [-0.2, -0.15) is 0 Å². The second-order valence-corrected chi connectivity index (χ2v) is 8.49. The van der Waals surface area contributed by atoms with E-state index in [0.717, 1.165) is 12.8 Å². The molecule has 4 nitrogen and oxygen atoms in total. The SMILES string of the molecule is CC(C)S(=O)(=O)CCN(CC(N)=S)C1CCCC1. The first-order chi connectivity index (χ1) is 8.33. The molecule has 0 aliphatic heterocycles. The molecule has 0 radical (unpaired) electrons. The molecule has 106 valence electrons. The zero-order valence-electron chi connectivity index (χ0n) is 11.3. The predicted molar refractivity (Wildman–Crippen MR) is 79.5 cm³/mol. The molecule has 0 unspecified atom stereocenters. The highest BCUT2D eigenvalue weighted by molar-refractivity contribution is 7.92. The first kappa shape index (κ1) is 15.9. The molecule has 0 atom stereocenters. The Kier molecular flexibility index (Phi) is 6.01. The minimum absolute atomic E-state index is 0.198. The highest BCUT2D eigenvalue weighted by Gasteiger charge is 2.25. The van der Waals surface area contributed by atoms with Crippen LogP contribution in [-0.2, 0) is 9.84 Å². The van der Waals surface area contributed by atoms with Crippen molar-refractivity contribution in [3.05, 3.63) is 0 Å². The zero-order valence-corrected chi connectivity index (χ0v) is 12.9. The average Bonchev–Trinajstić information content (AvgIpc) is 2.76. The minimum Gasteiger partial charge on any atom is -0.392 e. The number of thiocarbonyl (C=S) groups is 1. The molecular formula is C12H24N2O2S2. The van der Waals surface area contributed by atoms with Crippen molar-refractivity contribution in [3.63, 3.8) is 0 Å². The van der Waals surface area contributed by atoms with Crippen LogP contribution < -0.4 is 5.73 Å². The topological polar surface area (TPSA) is 63.4 Å². The van der Waals surface area contributed by atoms with E-state index < -0.39 is 9.84 Å². The van der Waals surface area contributed by atoms with Crippen LogP contribution >= 0.6 is 12.2 Å². The van der Waals surface area contributed by atoms with Crippen molar-refractivity contribution in [2.75, 3.05) is 18.8 Å². The third kappa shape index (κ3) is 4.82. The summed E-state index contributed by atoms with van der Waals surface area (Å²) in [7, 11) is -2.98. The number of sulfone groups is 1. The molecule has 0 aromatic carbocycles. The molecule has 6 heteroatoms. The Morgan fingerprint density at radius 3 is 2.39 bits per heavy atom. The van der Waals surface area contributed by atoms with Crippen molar-refractivity contribution in [1.82, 2.24) is 4.90 Å². The minimum atomic E-state index is -2.98. The van der Waals surface area contributed by atoms with E-state index in [2.05, 4.69) is 4.90 Å². The molecule has 1 fully saturated rings. The average molecular weight is 292 g/mol. The molecule has 2 N–H and O–H groups in total. The third-order valence-corrected chi connectivity index (χ3v) is 5.90. The van der Waals surface area contributed by atoms with Crippen molar-refractivity contribution >= 4 is 27.0 Å². The van der Waals surface area contributed by atoms with E-state index in [1.54, 1.807) is 13.8 Å². The van der Waals surface area contributed by atoms with Gasteiger partial charge in [0.25, 0.3) is 0 Å². The van der Waals surface area contributed by atoms with Gasteiger partial charge in [0.1, 0.15) is 0 Å². The van der Waals surface area contributed by atoms with Gasteiger partial charge < -0.3 is 5.73 Å². The van der Waals surface area contributed by atoms with E-state index in [-0.39, 0.29) is 11.0 Å². The van der Waals surface area contributed by atoms with Crippen LogP contribution in [0.15, 0.2) is 0 Å². The molecule has 1 aliphatic carbocycles. The van der Waals surface area contributed by atoms with Gasteiger partial charge in [0.2, 0.25) is 0 Å². The molecule has 1 aliphatic rings. The van der Waals surface area contributed by atoms with Crippen molar-refractivity contribution in [3.8, 4) is 0 Å². The van der Waals surface area contributed by atoms with E-state index in [4.69, 9.17) is 18.0 Å². The summed E-state index contributed by atoms with van der Waals surface area (Å²) in [5.74, 6) is 0.198. The largest absolute Gasteiger partial charge is 0.392 e. The molecule has 1 saturated carbocycles. The van der Waals surface area contributed by atoms with Crippen molar-refractivity contribution in [1.29, 1.82) is 0 Å². The van der Waals surface area contributed by atoms with Crippen LogP contribution in [0.5, 0.6) is 0 Å². The Balaban J connectivity index is 2.58. The Hall–Kier alpha value is -0.200. The smallest absolute Gasteiger partial charge is 0.153 e. The summed E-state index contributed by atoms with van der Waals surface area (Å²) in [6.45, 7) is 4.53. The van der Waals surface area contributed by atoms with Gasteiger partial charge in [-0.3, -0.25) is 4.90 Å². The zero-order chi connectivity index (χ0) is 13.8. The van der Waals surface area contributed by atoms with Gasteiger partial charge in [-0.15, -0.1) is 0 Å². The summed E-state index contributed by atoms with van der Waals surface area (Å²) in [4.78, 5) is 2.60. The summed E-state index contributed by atoms with van der Waals surface area (Å²) in [6, 6.07) is 0.453. The number of rotatable bonds is 7. The van der Waals surface area contributed by atoms with Gasteiger partial charge in [0, 0.05) is 19.1 Å². The van der Waals surface area contributed by atoms with Gasteiger partial charge >= 0.3 is 0 Å². The maximum Gasteiger partial charge on any atom is 0.153 e. The molecule has 0 aromatic rings. The fourth-order valence-corrected chi connectivity index (χ4v) is 3.47. The highest BCUT2D eigenvalue weighted by Crippen LogP contribution is 2.23. The van der Waals surface area contributed by atoms with Crippen molar-refractivity contribution < 1.29 is 8.42 Å². The van der Waals surface area contributed by atoms with E-state index in [0.29, 0.717) is 24.1 Å². The summed E-state index contributed by atoms with van der Waals surface area (Å²) in [6.07, 6.45) is 4.69. The van der Waals surface area contributed by atoms with Gasteiger partial charge in [-0.1, -0.05) is 25.1 Å². The second-order valence-electron chi connectivity index (χ2n) is 5.29. The lowest BCUT2D eigenvalue weighted by atomic mass is 10.2. The van der Waals surface area contributed by atoms with Crippen LogP contribution in [0, 0.1) is 0 Å². The molecule has 0 saturated heterocycles. The molecule has 0 bridgehead atoms. The maximum absolute atomic E-state index is 11.8. The van der Waals surface area contributed by atoms with E-state index in [9.17, 15) is 8.42 Å². The lowest BCUT2D eigenvalue weighted by molar-refractivity contribution is 0.240. The van der Waals surface area contributed by atoms with Gasteiger partial charge in [0.05, 0.1) is 16.0 Å². The monoisotopic (exact) mass is 292 g/mol. The van der Waals surface area contributed by atoms with Gasteiger partial charge in [0.15, 0.2) is 9.84 Å². The predicted octanol–water partition coefficient (Wildman–Crippen LogP) is 1.34. The van der Waals surface area contributed by atoms with E-state index in [1.807, 2.05) is 0 Å². The first-order valence-electron chi connectivity index (χ1n) is 6.57. The summed E-state index contributed by atoms with van der Waals surface area (Å²) >= 11 is 4.95. The summed E-state index contributed by atoms with van der Waals surface area (Å²) < 4.78 is 23.7. The number of nitrogens with zero attached hydrogens (tertiary/aromatic N) is 1. The van der Waals surface area contributed by atoms with Crippen LogP contribution in [0.2, 0.25) is 0 Å². The molecule has 0 spiro atoms. The number of hydrogen-bond acceptors (Lipinski definition) is 4. The number of hydrogen-bond donors (Lipinski definition) is 1. The Morgan fingerprint density at radius 2 is 1.94 bits per heavy atom. The molecular weight excluding hydrogens is 268 g/mol. The second kappa shape index (κ2) is 6.82. The fourth-order valence-electron chi connectivity index (χ4n) is 2.34. The molecule has 0 heterocycles. The van der Waals surface area contributed by atoms with Crippen molar-refractivity contribution in [2.24, 2.45) is 5.73 Å².